The lowest BCUT2D eigenvalue weighted by molar-refractivity contribution is -0.137. The maximum Gasteiger partial charge on any atom is 0.303 e. The molecule has 0 aliphatic carbocycles. The van der Waals surface area contributed by atoms with Crippen LogP contribution in [0.4, 0.5) is 0 Å². The third-order valence-electron chi connectivity index (χ3n) is 3.50. The van der Waals surface area contributed by atoms with Gasteiger partial charge in [0, 0.05) is 6.42 Å². The van der Waals surface area contributed by atoms with Gasteiger partial charge < -0.3 is 10.2 Å². The highest BCUT2D eigenvalue weighted by molar-refractivity contribution is 5.66. The van der Waals surface area contributed by atoms with Gasteiger partial charge in [-0.1, -0.05) is 74.1 Å². The average Bonchev–Trinajstić information content (AvgIpc) is 2.58. The lowest BCUT2D eigenvalue weighted by Gasteiger charge is -1.98. The highest BCUT2D eigenvalue weighted by Crippen LogP contribution is 2.04. The lowest BCUT2D eigenvalue weighted by atomic mass is 10.1. The first-order valence-electron chi connectivity index (χ1n) is 9.35. The van der Waals surface area contributed by atoms with Crippen LogP contribution in [-0.2, 0) is 4.79 Å². The van der Waals surface area contributed by atoms with Crippen molar-refractivity contribution in [3.63, 3.8) is 0 Å². The molecule has 0 aromatic carbocycles. The van der Waals surface area contributed by atoms with E-state index in [4.69, 9.17) is 5.11 Å². The van der Waals surface area contributed by atoms with Gasteiger partial charge in [0.2, 0.25) is 0 Å². The van der Waals surface area contributed by atoms with E-state index in [0.29, 0.717) is 6.42 Å². The van der Waals surface area contributed by atoms with Crippen molar-refractivity contribution in [2.24, 2.45) is 0 Å². The molecular weight excluding hydrogens is 312 g/mol. The Kier molecular flexibility index (Phi) is 17.1. The summed E-state index contributed by atoms with van der Waals surface area (Å²) in [6.45, 7) is 2.08. The first-order chi connectivity index (χ1) is 12.2. The number of hydrogen-bond acceptors (Lipinski definition) is 2. The zero-order valence-electron chi connectivity index (χ0n) is 15.5. The zero-order valence-corrected chi connectivity index (χ0v) is 15.5. The minimum absolute atomic E-state index is 0.282. The van der Waals surface area contributed by atoms with E-state index in [-0.39, 0.29) is 6.42 Å². The Hall–Kier alpha value is -1.87. The number of carboxylic acid groups (broad SMARTS) is 1. The maximum atomic E-state index is 10.4. The molecule has 0 fully saturated rings. The normalized spacial score (nSPS) is 14.0. The van der Waals surface area contributed by atoms with Crippen molar-refractivity contribution in [2.75, 3.05) is 0 Å². The molecule has 0 aromatic rings. The van der Waals surface area contributed by atoms with Crippen LogP contribution in [0.3, 0.4) is 0 Å². The average molecular weight is 347 g/mol. The molecule has 3 heteroatoms. The van der Waals surface area contributed by atoms with Crippen LogP contribution in [0.15, 0.2) is 60.8 Å². The van der Waals surface area contributed by atoms with Gasteiger partial charge >= 0.3 is 5.97 Å². The standard InChI is InChI=1S/C22H34O3/c1-2-3-15-18-21(23)19-16-13-11-9-7-5-4-6-8-10-12-14-17-20-22(24)25/h3,5-8,11,13,15-16,19,21,23H,2,4,9-10,12,14,17-18,20H2,1H3,(H,24,25)/b7-5-,8-6-,13-11-,15-3-,19-16+. The topological polar surface area (TPSA) is 57.5 Å². The molecule has 0 rings (SSSR count). The number of aliphatic hydroxyl groups excluding tert-OH is 1. The van der Waals surface area contributed by atoms with Gasteiger partial charge in [-0.25, -0.2) is 0 Å². The molecule has 1 unspecified atom stereocenters. The molecule has 2 N–H and O–H groups in total. The molecule has 0 bridgehead atoms. The van der Waals surface area contributed by atoms with Gasteiger partial charge in [0.05, 0.1) is 6.10 Å². The summed E-state index contributed by atoms with van der Waals surface area (Å²) in [5, 5.41) is 18.2. The fraction of sp³-hybridized carbons (Fsp3) is 0.500. The van der Waals surface area contributed by atoms with Crippen LogP contribution in [0, 0.1) is 0 Å². The Bertz CT molecular complexity index is 456. The summed E-state index contributed by atoms with van der Waals surface area (Å²) in [4.78, 5) is 10.4. The Morgan fingerprint density at radius 1 is 0.880 bits per heavy atom. The molecule has 0 spiro atoms. The number of carboxylic acids is 1. The summed E-state index contributed by atoms with van der Waals surface area (Å²) >= 11 is 0. The Morgan fingerprint density at radius 3 is 2.32 bits per heavy atom. The van der Waals surface area contributed by atoms with E-state index in [1.165, 1.54) is 0 Å². The molecule has 1 atom stereocenters. The molecule has 0 aromatic heterocycles. The van der Waals surface area contributed by atoms with E-state index in [0.717, 1.165) is 44.9 Å². The van der Waals surface area contributed by atoms with Crippen molar-refractivity contribution in [1.29, 1.82) is 0 Å². The number of aliphatic hydroxyl groups is 1. The quantitative estimate of drug-likeness (QED) is 0.226. The number of hydrogen-bond donors (Lipinski definition) is 2. The van der Waals surface area contributed by atoms with Crippen LogP contribution >= 0.6 is 0 Å². The van der Waals surface area contributed by atoms with E-state index in [1.54, 1.807) is 6.08 Å². The van der Waals surface area contributed by atoms with Gasteiger partial charge in [-0.2, -0.15) is 0 Å². The van der Waals surface area contributed by atoms with Gasteiger partial charge in [-0.05, 0) is 44.9 Å². The highest BCUT2D eigenvalue weighted by atomic mass is 16.4. The molecule has 25 heavy (non-hydrogen) atoms. The van der Waals surface area contributed by atoms with Crippen LogP contribution in [0.2, 0.25) is 0 Å². The van der Waals surface area contributed by atoms with E-state index in [1.807, 2.05) is 18.2 Å². The molecule has 0 radical (unpaired) electrons. The van der Waals surface area contributed by atoms with Crippen LogP contribution in [-0.4, -0.2) is 22.3 Å². The summed E-state index contributed by atoms with van der Waals surface area (Å²) in [5.74, 6) is -0.703. The molecule has 0 saturated heterocycles. The van der Waals surface area contributed by atoms with Crippen LogP contribution in [0.25, 0.3) is 0 Å². The van der Waals surface area contributed by atoms with Gasteiger partial charge in [0.25, 0.3) is 0 Å². The van der Waals surface area contributed by atoms with Crippen molar-refractivity contribution in [1.82, 2.24) is 0 Å². The first-order valence-corrected chi connectivity index (χ1v) is 9.35. The van der Waals surface area contributed by atoms with Gasteiger partial charge in [0.1, 0.15) is 0 Å². The predicted molar refractivity (Wildman–Crippen MR) is 107 cm³/mol. The molecule has 140 valence electrons. The zero-order chi connectivity index (χ0) is 18.6. The second kappa shape index (κ2) is 18.5. The maximum absolute atomic E-state index is 10.4. The molecule has 0 heterocycles. The number of carbonyl (C=O) groups is 1. The Morgan fingerprint density at radius 2 is 1.60 bits per heavy atom. The van der Waals surface area contributed by atoms with Crippen LogP contribution < -0.4 is 0 Å². The first kappa shape index (κ1) is 23.1. The third kappa shape index (κ3) is 20.1. The third-order valence-corrected chi connectivity index (χ3v) is 3.50. The second-order valence-corrected chi connectivity index (χ2v) is 5.90. The van der Waals surface area contributed by atoms with Crippen molar-refractivity contribution in [2.45, 2.75) is 70.8 Å². The molecule has 3 nitrogen and oxygen atoms in total. The van der Waals surface area contributed by atoms with Crippen LogP contribution in [0.1, 0.15) is 64.7 Å². The summed E-state index contributed by atoms with van der Waals surface area (Å²) in [5.41, 5.74) is 0. The summed E-state index contributed by atoms with van der Waals surface area (Å²) < 4.78 is 0. The second-order valence-electron chi connectivity index (χ2n) is 5.90. The SMILES string of the molecule is CC/C=C\CC(O)/C=C/C=C\C/C=C\C/C=C\CCCCCC(=O)O. The number of aliphatic carboxylic acids is 1. The van der Waals surface area contributed by atoms with Crippen molar-refractivity contribution < 1.29 is 15.0 Å². The minimum Gasteiger partial charge on any atom is -0.481 e. The molecule has 0 amide bonds. The van der Waals surface area contributed by atoms with E-state index < -0.39 is 12.1 Å². The van der Waals surface area contributed by atoms with Crippen molar-refractivity contribution >= 4 is 5.97 Å². The number of allylic oxidation sites excluding steroid dienone is 8. The fourth-order valence-corrected chi connectivity index (χ4v) is 2.11. The van der Waals surface area contributed by atoms with Gasteiger partial charge in [-0.3, -0.25) is 4.79 Å². The fourth-order valence-electron chi connectivity index (χ4n) is 2.11. The largest absolute Gasteiger partial charge is 0.481 e. The predicted octanol–water partition coefficient (Wildman–Crippen LogP) is 5.74. The van der Waals surface area contributed by atoms with E-state index in [2.05, 4.69) is 43.4 Å². The van der Waals surface area contributed by atoms with Gasteiger partial charge in [-0.15, -0.1) is 0 Å². The molecule has 0 aliphatic heterocycles. The number of unbranched alkanes of at least 4 members (excludes halogenated alkanes) is 3. The van der Waals surface area contributed by atoms with E-state index >= 15 is 0 Å². The van der Waals surface area contributed by atoms with E-state index in [9.17, 15) is 9.90 Å². The smallest absolute Gasteiger partial charge is 0.303 e. The number of rotatable bonds is 15. The lowest BCUT2D eigenvalue weighted by Crippen LogP contribution is -1.98. The van der Waals surface area contributed by atoms with Crippen molar-refractivity contribution in [3.8, 4) is 0 Å². The summed E-state index contributed by atoms with van der Waals surface area (Å²) in [6.07, 6.45) is 27.6. The Labute approximate surface area is 153 Å². The molecule has 0 aliphatic rings. The molecular formula is C22H34O3. The summed E-state index contributed by atoms with van der Waals surface area (Å²) in [7, 11) is 0. The monoisotopic (exact) mass is 346 g/mol. The summed E-state index contributed by atoms with van der Waals surface area (Å²) in [6, 6.07) is 0. The van der Waals surface area contributed by atoms with Crippen LogP contribution in [0.5, 0.6) is 0 Å². The Balaban J connectivity index is 3.57. The highest BCUT2D eigenvalue weighted by Gasteiger charge is 1.94. The van der Waals surface area contributed by atoms with Gasteiger partial charge in [0.15, 0.2) is 0 Å². The molecule has 0 saturated carbocycles. The van der Waals surface area contributed by atoms with Crippen molar-refractivity contribution in [3.05, 3.63) is 60.8 Å². The minimum atomic E-state index is -0.703.